The standard InChI is InChI=1S/C13H9BrF2N2O2/c1-7-5-8(14)10(16)6-12(7)17-11-4-2-3-9(15)13(11)18(19)20/h2-6,17H,1H3. The molecule has 0 aromatic heterocycles. The molecule has 0 spiro atoms. The van der Waals surface area contributed by atoms with Crippen LogP contribution < -0.4 is 5.32 Å². The number of nitro groups is 1. The number of hydrogen-bond donors (Lipinski definition) is 1. The van der Waals surface area contributed by atoms with Gasteiger partial charge in [-0.25, -0.2) is 4.39 Å². The first kappa shape index (κ1) is 14.4. The number of rotatable bonds is 3. The maximum absolute atomic E-state index is 13.5. The van der Waals surface area contributed by atoms with E-state index < -0.39 is 22.2 Å². The van der Waals surface area contributed by atoms with Crippen molar-refractivity contribution in [3.8, 4) is 0 Å². The average Bonchev–Trinajstić information content (AvgIpc) is 2.35. The summed E-state index contributed by atoms with van der Waals surface area (Å²) in [5.41, 5.74) is 0.297. The van der Waals surface area contributed by atoms with Gasteiger partial charge in [-0.2, -0.15) is 4.39 Å². The maximum Gasteiger partial charge on any atom is 0.327 e. The number of benzene rings is 2. The van der Waals surface area contributed by atoms with Gasteiger partial charge in [0.2, 0.25) is 5.82 Å². The Kier molecular flexibility index (Phi) is 3.99. The van der Waals surface area contributed by atoms with Crippen LogP contribution >= 0.6 is 15.9 Å². The molecule has 0 aliphatic heterocycles. The molecule has 0 amide bonds. The molecule has 2 aromatic carbocycles. The van der Waals surface area contributed by atoms with Crippen LogP contribution in [0.4, 0.5) is 25.8 Å². The number of nitro benzene ring substituents is 1. The lowest BCUT2D eigenvalue weighted by Gasteiger charge is -2.11. The Bertz CT molecular complexity index is 692. The van der Waals surface area contributed by atoms with Crippen LogP contribution in [0.25, 0.3) is 0 Å². The van der Waals surface area contributed by atoms with Crippen molar-refractivity contribution in [1.82, 2.24) is 0 Å². The Morgan fingerprint density at radius 1 is 1.20 bits per heavy atom. The summed E-state index contributed by atoms with van der Waals surface area (Å²) < 4.78 is 27.3. The molecule has 20 heavy (non-hydrogen) atoms. The third kappa shape index (κ3) is 2.77. The van der Waals surface area contributed by atoms with Crippen molar-refractivity contribution in [3.63, 3.8) is 0 Å². The Hall–Kier alpha value is -2.02. The highest BCUT2D eigenvalue weighted by Crippen LogP contribution is 2.32. The van der Waals surface area contributed by atoms with Gasteiger partial charge in [-0.3, -0.25) is 10.1 Å². The summed E-state index contributed by atoms with van der Waals surface area (Å²) in [4.78, 5) is 10.1. The van der Waals surface area contributed by atoms with Gasteiger partial charge in [0.25, 0.3) is 0 Å². The van der Waals surface area contributed by atoms with Crippen molar-refractivity contribution < 1.29 is 13.7 Å². The third-order valence-corrected chi connectivity index (χ3v) is 3.31. The van der Waals surface area contributed by atoms with Gasteiger partial charge in [0, 0.05) is 5.69 Å². The van der Waals surface area contributed by atoms with Gasteiger partial charge in [-0.05, 0) is 52.7 Å². The summed E-state index contributed by atoms with van der Waals surface area (Å²) in [6.45, 7) is 1.71. The largest absolute Gasteiger partial charge is 0.350 e. The van der Waals surface area contributed by atoms with Crippen LogP contribution in [0.2, 0.25) is 0 Å². The number of para-hydroxylation sites is 1. The van der Waals surface area contributed by atoms with E-state index in [2.05, 4.69) is 21.2 Å². The third-order valence-electron chi connectivity index (χ3n) is 2.71. The van der Waals surface area contributed by atoms with Crippen LogP contribution in [0.1, 0.15) is 5.56 Å². The van der Waals surface area contributed by atoms with E-state index >= 15 is 0 Å². The lowest BCUT2D eigenvalue weighted by atomic mass is 10.1. The smallest absolute Gasteiger partial charge is 0.327 e. The normalized spacial score (nSPS) is 10.4. The van der Waals surface area contributed by atoms with E-state index in [1.165, 1.54) is 24.3 Å². The van der Waals surface area contributed by atoms with Crippen molar-refractivity contribution in [1.29, 1.82) is 0 Å². The zero-order valence-electron chi connectivity index (χ0n) is 10.3. The van der Waals surface area contributed by atoms with Crippen LogP contribution in [0, 0.1) is 28.7 Å². The molecule has 0 heterocycles. The summed E-state index contributed by atoms with van der Waals surface area (Å²) >= 11 is 3.04. The minimum Gasteiger partial charge on any atom is -0.350 e. The van der Waals surface area contributed by atoms with Crippen LogP contribution in [0.3, 0.4) is 0 Å². The van der Waals surface area contributed by atoms with E-state index in [4.69, 9.17) is 0 Å². The molecule has 0 aliphatic rings. The molecule has 1 N–H and O–H groups in total. The minimum atomic E-state index is -0.949. The first-order valence-corrected chi connectivity index (χ1v) is 6.35. The van der Waals surface area contributed by atoms with Gasteiger partial charge >= 0.3 is 5.69 Å². The second-order valence-electron chi connectivity index (χ2n) is 4.10. The highest BCUT2D eigenvalue weighted by Gasteiger charge is 2.20. The Balaban J connectivity index is 2.48. The van der Waals surface area contributed by atoms with Crippen LogP contribution in [0.15, 0.2) is 34.8 Å². The number of nitrogens with zero attached hydrogens (tertiary/aromatic N) is 1. The highest BCUT2D eigenvalue weighted by molar-refractivity contribution is 9.10. The molecule has 0 unspecified atom stereocenters. The zero-order chi connectivity index (χ0) is 14.9. The van der Waals surface area contributed by atoms with Gasteiger partial charge in [0.05, 0.1) is 9.40 Å². The Labute approximate surface area is 121 Å². The molecule has 0 atom stereocenters. The summed E-state index contributed by atoms with van der Waals surface area (Å²) in [5, 5.41) is 13.6. The number of anilines is 2. The van der Waals surface area contributed by atoms with Gasteiger partial charge in [0.15, 0.2) is 0 Å². The van der Waals surface area contributed by atoms with Gasteiger partial charge in [-0.1, -0.05) is 6.07 Å². The molecule has 4 nitrogen and oxygen atoms in total. The van der Waals surface area contributed by atoms with Crippen molar-refractivity contribution in [2.45, 2.75) is 6.92 Å². The minimum absolute atomic E-state index is 0.0279. The summed E-state index contributed by atoms with van der Waals surface area (Å²) in [7, 11) is 0. The zero-order valence-corrected chi connectivity index (χ0v) is 11.9. The van der Waals surface area contributed by atoms with E-state index in [1.807, 2.05) is 0 Å². The predicted molar refractivity (Wildman–Crippen MR) is 75.2 cm³/mol. The van der Waals surface area contributed by atoms with Crippen molar-refractivity contribution in [3.05, 3.63) is 62.1 Å². The molecule has 2 aromatic rings. The molecule has 0 aliphatic carbocycles. The molecule has 0 bridgehead atoms. The fraction of sp³-hybridized carbons (Fsp3) is 0.0769. The van der Waals surface area contributed by atoms with Crippen molar-refractivity contribution in [2.75, 3.05) is 5.32 Å². The molecular formula is C13H9BrF2N2O2. The SMILES string of the molecule is Cc1cc(Br)c(F)cc1Nc1cccc(F)c1[N+](=O)[O-]. The molecule has 0 saturated heterocycles. The van der Waals surface area contributed by atoms with Crippen molar-refractivity contribution in [2.24, 2.45) is 0 Å². The quantitative estimate of drug-likeness (QED) is 0.650. The molecular weight excluding hydrogens is 334 g/mol. The lowest BCUT2D eigenvalue weighted by molar-refractivity contribution is -0.386. The summed E-state index contributed by atoms with van der Waals surface area (Å²) in [6.07, 6.45) is 0. The molecule has 2 rings (SSSR count). The van der Waals surface area contributed by atoms with Gasteiger partial charge in [-0.15, -0.1) is 0 Å². The van der Waals surface area contributed by atoms with Crippen molar-refractivity contribution >= 4 is 33.0 Å². The van der Waals surface area contributed by atoms with Gasteiger partial charge < -0.3 is 5.32 Å². The fourth-order valence-electron chi connectivity index (χ4n) is 1.73. The van der Waals surface area contributed by atoms with E-state index in [9.17, 15) is 18.9 Å². The Morgan fingerprint density at radius 3 is 2.55 bits per heavy atom. The molecule has 104 valence electrons. The summed E-state index contributed by atoms with van der Waals surface area (Å²) in [6, 6.07) is 6.42. The lowest BCUT2D eigenvalue weighted by Crippen LogP contribution is -2.01. The first-order chi connectivity index (χ1) is 9.40. The van der Waals surface area contributed by atoms with E-state index in [-0.39, 0.29) is 10.2 Å². The fourth-order valence-corrected chi connectivity index (χ4v) is 2.19. The van der Waals surface area contributed by atoms with E-state index in [0.29, 0.717) is 11.3 Å². The monoisotopic (exact) mass is 342 g/mol. The maximum atomic E-state index is 13.5. The molecule has 7 heteroatoms. The van der Waals surface area contributed by atoms with Crippen LogP contribution in [-0.2, 0) is 0 Å². The predicted octanol–water partition coefficient (Wildman–Crippen LogP) is 4.69. The molecule has 0 saturated carbocycles. The second-order valence-corrected chi connectivity index (χ2v) is 4.95. The highest BCUT2D eigenvalue weighted by atomic mass is 79.9. The first-order valence-electron chi connectivity index (χ1n) is 5.55. The Morgan fingerprint density at radius 2 is 1.90 bits per heavy atom. The van der Waals surface area contributed by atoms with Crippen LogP contribution in [0.5, 0.6) is 0 Å². The topological polar surface area (TPSA) is 55.2 Å². The number of hydrogen-bond acceptors (Lipinski definition) is 3. The molecule has 0 radical (unpaired) electrons. The van der Waals surface area contributed by atoms with Crippen LogP contribution in [-0.4, -0.2) is 4.92 Å². The number of nitrogens with one attached hydrogen (secondary N) is 1. The summed E-state index contributed by atoms with van der Waals surface area (Å²) in [5.74, 6) is -1.47. The van der Waals surface area contributed by atoms with E-state index in [1.54, 1.807) is 6.92 Å². The van der Waals surface area contributed by atoms with Gasteiger partial charge in [0.1, 0.15) is 11.5 Å². The number of aryl methyl sites for hydroxylation is 1. The number of halogens is 3. The molecule has 0 fully saturated rings. The average molecular weight is 343 g/mol. The second kappa shape index (κ2) is 5.54. The van der Waals surface area contributed by atoms with E-state index in [0.717, 1.165) is 6.07 Å².